The zero-order chi connectivity index (χ0) is 54.5. The van der Waals surface area contributed by atoms with Gasteiger partial charge in [-0.1, -0.05) is 237 Å². The normalized spacial score (nSPS) is 14.1. The Kier molecular flexibility index (Phi) is 55.9. The fraction of sp³-hybridized carbons (Fsp3) is 0.600. The molecule has 0 spiro atoms. The van der Waals surface area contributed by atoms with E-state index in [9.17, 15) is 19.0 Å². The maximum absolute atomic E-state index is 12.7. The number of carbonyl (C=O) groups is 2. The number of esters is 2. The van der Waals surface area contributed by atoms with Crippen molar-refractivity contribution in [2.24, 2.45) is 5.73 Å². The molecule has 0 aliphatic carbocycles. The number of ether oxygens (including phenoxy) is 2. The number of phosphoric ester groups is 1. The highest BCUT2D eigenvalue weighted by molar-refractivity contribution is 7.47. The van der Waals surface area contributed by atoms with E-state index in [1.165, 1.54) is 57.8 Å². The van der Waals surface area contributed by atoms with E-state index >= 15 is 0 Å². The summed E-state index contributed by atoms with van der Waals surface area (Å²) in [7, 11) is -4.41. The smallest absolute Gasteiger partial charge is 0.462 e. The summed E-state index contributed by atoms with van der Waals surface area (Å²) in [6.07, 6.45) is 84.7. The van der Waals surface area contributed by atoms with Gasteiger partial charge in [-0.05, 0) is 116 Å². The number of rotatable bonds is 53. The van der Waals surface area contributed by atoms with Crippen LogP contribution < -0.4 is 5.73 Å². The Labute approximate surface area is 458 Å². The zero-order valence-electron chi connectivity index (χ0n) is 47.2. The highest BCUT2D eigenvalue weighted by atomic mass is 31.2. The van der Waals surface area contributed by atoms with Crippen molar-refractivity contribution in [2.75, 3.05) is 26.4 Å². The molecule has 0 aromatic carbocycles. The van der Waals surface area contributed by atoms with Gasteiger partial charge in [0, 0.05) is 19.4 Å². The number of carbonyl (C=O) groups excluding carboxylic acids is 2. The molecule has 10 heteroatoms. The average Bonchev–Trinajstić information content (AvgIpc) is 3.40. The first-order valence-electron chi connectivity index (χ1n) is 29.3. The monoisotopic (exact) mass is 1060 g/mol. The van der Waals surface area contributed by atoms with Crippen LogP contribution in [0.2, 0.25) is 0 Å². The Balaban J connectivity index is 4.09. The van der Waals surface area contributed by atoms with Gasteiger partial charge in [0.15, 0.2) is 6.10 Å². The molecule has 2 unspecified atom stereocenters. The second-order valence-corrected chi connectivity index (χ2v) is 20.2. The molecule has 0 bridgehead atoms. The SMILES string of the molecule is CC/C=C\C/C=C\C/C=C\C/C=C\C/C=C\C/C=C\C/C=C\C/C=C\CCCCCCC(=O)OC(COC(=O)CCCCCCCCCCCCCC/C=C\C/C=C\C/C=C\C/C=C\CC)COP(=O)(O)OCCN. The highest BCUT2D eigenvalue weighted by Crippen LogP contribution is 2.43. The van der Waals surface area contributed by atoms with Crippen LogP contribution in [-0.2, 0) is 32.7 Å². The lowest BCUT2D eigenvalue weighted by Gasteiger charge is -2.19. The van der Waals surface area contributed by atoms with Gasteiger partial charge in [-0.2, -0.15) is 0 Å². The minimum absolute atomic E-state index is 0.0405. The summed E-state index contributed by atoms with van der Waals surface area (Å²) in [5, 5.41) is 0. The van der Waals surface area contributed by atoms with E-state index < -0.39 is 32.5 Å². The second-order valence-electron chi connectivity index (χ2n) is 18.7. The van der Waals surface area contributed by atoms with Gasteiger partial charge < -0.3 is 20.1 Å². The Morgan fingerprint density at radius 2 is 0.693 bits per heavy atom. The van der Waals surface area contributed by atoms with Gasteiger partial charge >= 0.3 is 19.8 Å². The van der Waals surface area contributed by atoms with Crippen molar-refractivity contribution in [1.29, 1.82) is 0 Å². The molecule has 0 rings (SSSR count). The first kappa shape index (κ1) is 70.9. The number of phosphoric acid groups is 1. The van der Waals surface area contributed by atoms with Gasteiger partial charge in [-0.3, -0.25) is 18.6 Å². The van der Waals surface area contributed by atoms with Gasteiger partial charge in [0.05, 0.1) is 13.2 Å². The fourth-order valence-electron chi connectivity index (χ4n) is 7.47. The zero-order valence-corrected chi connectivity index (χ0v) is 48.1. The summed E-state index contributed by atoms with van der Waals surface area (Å²) >= 11 is 0. The van der Waals surface area contributed by atoms with Crippen LogP contribution in [0.1, 0.15) is 219 Å². The number of hydrogen-bond acceptors (Lipinski definition) is 8. The molecule has 0 saturated heterocycles. The minimum atomic E-state index is -4.41. The van der Waals surface area contributed by atoms with Crippen molar-refractivity contribution < 1.29 is 37.6 Å². The molecule has 2 atom stereocenters. The average molecular weight is 1060 g/mol. The van der Waals surface area contributed by atoms with Crippen LogP contribution in [0.15, 0.2) is 146 Å². The summed E-state index contributed by atoms with van der Waals surface area (Å²) < 4.78 is 33.0. The van der Waals surface area contributed by atoms with Crippen LogP contribution in [0.5, 0.6) is 0 Å². The molecule has 75 heavy (non-hydrogen) atoms. The predicted molar refractivity (Wildman–Crippen MR) is 320 cm³/mol. The molecule has 9 nitrogen and oxygen atoms in total. The summed E-state index contributed by atoms with van der Waals surface area (Å²) in [6, 6.07) is 0. The molecular weight excluding hydrogens is 954 g/mol. The van der Waals surface area contributed by atoms with Crippen LogP contribution in [0.25, 0.3) is 0 Å². The Morgan fingerprint density at radius 1 is 0.400 bits per heavy atom. The molecule has 0 aliphatic rings. The maximum Gasteiger partial charge on any atom is 0.472 e. The summed E-state index contributed by atoms with van der Waals surface area (Å²) in [4.78, 5) is 35.2. The van der Waals surface area contributed by atoms with Crippen LogP contribution >= 0.6 is 7.82 Å². The molecule has 0 saturated carbocycles. The molecule has 0 fully saturated rings. The quantitative estimate of drug-likeness (QED) is 0.0264. The van der Waals surface area contributed by atoms with Crippen LogP contribution in [0, 0.1) is 0 Å². The van der Waals surface area contributed by atoms with Gasteiger partial charge in [-0.25, -0.2) is 4.57 Å². The second kappa shape index (κ2) is 59.1. The van der Waals surface area contributed by atoms with Gasteiger partial charge in [-0.15, -0.1) is 0 Å². The third-order valence-corrected chi connectivity index (χ3v) is 12.7. The van der Waals surface area contributed by atoms with E-state index in [1.54, 1.807) is 0 Å². The first-order valence-corrected chi connectivity index (χ1v) is 30.8. The number of unbranched alkanes of at least 4 members (excludes halogenated alkanes) is 16. The van der Waals surface area contributed by atoms with Gasteiger partial charge in [0.25, 0.3) is 0 Å². The van der Waals surface area contributed by atoms with E-state index in [0.29, 0.717) is 6.42 Å². The number of nitrogens with two attached hydrogens (primary N) is 1. The van der Waals surface area contributed by atoms with Crippen LogP contribution in [0.4, 0.5) is 0 Å². The molecule has 3 N–H and O–H groups in total. The minimum Gasteiger partial charge on any atom is -0.462 e. The van der Waals surface area contributed by atoms with E-state index in [2.05, 4.69) is 160 Å². The number of allylic oxidation sites excluding steroid dienone is 24. The lowest BCUT2D eigenvalue weighted by Crippen LogP contribution is -2.29. The third-order valence-electron chi connectivity index (χ3n) is 11.7. The van der Waals surface area contributed by atoms with Crippen molar-refractivity contribution in [3.63, 3.8) is 0 Å². The number of hydrogen-bond donors (Lipinski definition) is 2. The Hall–Kier alpha value is -4.11. The Morgan fingerprint density at radius 3 is 1.03 bits per heavy atom. The molecule has 0 amide bonds. The molecule has 0 aliphatic heterocycles. The Bertz CT molecular complexity index is 1730. The lowest BCUT2D eigenvalue weighted by molar-refractivity contribution is -0.161. The third kappa shape index (κ3) is 59.0. The highest BCUT2D eigenvalue weighted by Gasteiger charge is 2.26. The van der Waals surface area contributed by atoms with Crippen molar-refractivity contribution >= 4 is 19.8 Å². The standard InChI is InChI=1S/C65H106NO8P/c1-3-5-7-9-11-13-15-17-19-21-23-25-27-29-30-31-32-34-36-38-40-42-44-46-48-50-52-54-56-58-65(68)74-63(62-73-75(69,70)72-60-59-66)61-71-64(67)57-55-53-51-49-47-45-43-41-39-37-35-33-28-26-24-22-20-18-16-14-12-10-8-6-4-2/h5-8,11-14,17-20,23-26,29-30,32,34,38,40,44,46,63H,3-4,9-10,15-16,21-22,27-28,31,33,35-37,39,41-43,45,47-62,66H2,1-2H3,(H,69,70)/b7-5-,8-6-,13-11-,14-12-,19-17-,20-18-,25-23-,26-24-,30-29-,34-32-,40-38-,46-44-. The fourth-order valence-corrected chi connectivity index (χ4v) is 8.23. The molecule has 0 heterocycles. The van der Waals surface area contributed by atoms with Crippen LogP contribution in [0.3, 0.4) is 0 Å². The molecular formula is C65H106NO8P. The predicted octanol–water partition coefficient (Wildman–Crippen LogP) is 18.7. The summed E-state index contributed by atoms with van der Waals surface area (Å²) in [5.41, 5.74) is 5.38. The molecule has 0 aromatic rings. The van der Waals surface area contributed by atoms with Gasteiger partial charge in [0.1, 0.15) is 6.61 Å². The topological polar surface area (TPSA) is 134 Å². The van der Waals surface area contributed by atoms with Crippen LogP contribution in [-0.4, -0.2) is 49.3 Å². The van der Waals surface area contributed by atoms with E-state index in [4.69, 9.17) is 24.3 Å². The van der Waals surface area contributed by atoms with Crippen molar-refractivity contribution in [3.8, 4) is 0 Å². The maximum atomic E-state index is 12.7. The van der Waals surface area contributed by atoms with Crippen molar-refractivity contribution in [3.05, 3.63) is 146 Å². The van der Waals surface area contributed by atoms with E-state index in [-0.39, 0.29) is 32.6 Å². The summed E-state index contributed by atoms with van der Waals surface area (Å²) in [5.74, 6) is -0.869. The summed E-state index contributed by atoms with van der Waals surface area (Å²) in [6.45, 7) is 3.47. The molecule has 0 radical (unpaired) electrons. The van der Waals surface area contributed by atoms with Gasteiger partial charge in [0.2, 0.25) is 0 Å². The van der Waals surface area contributed by atoms with E-state index in [0.717, 1.165) is 128 Å². The van der Waals surface area contributed by atoms with Crippen molar-refractivity contribution in [2.45, 2.75) is 225 Å². The van der Waals surface area contributed by atoms with Crippen molar-refractivity contribution in [1.82, 2.24) is 0 Å². The largest absolute Gasteiger partial charge is 0.472 e. The lowest BCUT2D eigenvalue weighted by atomic mass is 10.0. The first-order chi connectivity index (χ1) is 36.8. The van der Waals surface area contributed by atoms with E-state index in [1.807, 2.05) is 0 Å². The molecule has 424 valence electrons. The molecule has 0 aromatic heterocycles.